The minimum atomic E-state index is -3.30. The van der Waals surface area contributed by atoms with Crippen LogP contribution in [0.3, 0.4) is 0 Å². The lowest BCUT2D eigenvalue weighted by atomic mass is 9.97. The maximum Gasteiger partial charge on any atom is 0.254 e. The summed E-state index contributed by atoms with van der Waals surface area (Å²) in [4.78, 5) is 28.1. The smallest absolute Gasteiger partial charge is 0.254 e. The van der Waals surface area contributed by atoms with Gasteiger partial charge in [-0.1, -0.05) is 12.1 Å². The Hall–Kier alpha value is -2.04. The van der Waals surface area contributed by atoms with E-state index >= 15 is 0 Å². The number of benzene rings is 1. The molecule has 1 aromatic rings. The summed E-state index contributed by atoms with van der Waals surface area (Å²) in [6.45, 7) is 0.716. The van der Waals surface area contributed by atoms with Gasteiger partial charge >= 0.3 is 0 Å². The van der Waals surface area contributed by atoms with E-state index in [1.807, 2.05) is 0 Å². The largest absolute Gasteiger partial charge is 0.356 e. The number of carbonyl (C=O) groups is 2. The van der Waals surface area contributed by atoms with Crippen LogP contribution in [-0.4, -0.2) is 86.5 Å². The van der Waals surface area contributed by atoms with Crippen LogP contribution in [-0.2, 0) is 24.3 Å². The minimum absolute atomic E-state index is 0.214. The average molecular weight is 399 g/mol. The van der Waals surface area contributed by atoms with E-state index < -0.39 is 28.0 Å². The molecule has 2 aliphatic heterocycles. The molecule has 10 heteroatoms. The molecule has 0 aliphatic carbocycles. The molecule has 0 bridgehead atoms. The van der Waals surface area contributed by atoms with Gasteiger partial charge in [-0.05, 0) is 17.7 Å². The Bertz CT molecular complexity index is 821. The molecule has 0 unspecified atom stereocenters. The average Bonchev–Trinajstić information content (AvgIpc) is 2.63. The van der Waals surface area contributed by atoms with E-state index in [1.54, 1.807) is 11.9 Å². The van der Waals surface area contributed by atoms with Gasteiger partial charge in [0.05, 0.1) is 12.3 Å². The molecule has 2 amide bonds. The standard InChI is InChI=1S/C17H22FN3O5S/c1-19-14(22)11-26-16(15(19)12-3-5-13(18)6-4-12)17(23)20-7-9-21(10-8-20)27(2,24)25/h3-6,15-16H,7-11H2,1-2H3/t15-,16+/m1/s1. The van der Waals surface area contributed by atoms with Gasteiger partial charge in [-0.3, -0.25) is 9.59 Å². The van der Waals surface area contributed by atoms with Gasteiger partial charge in [0.1, 0.15) is 12.4 Å². The fourth-order valence-electron chi connectivity index (χ4n) is 3.40. The normalized spacial score (nSPS) is 24.9. The highest BCUT2D eigenvalue weighted by atomic mass is 32.2. The minimum Gasteiger partial charge on any atom is -0.356 e. The lowest BCUT2D eigenvalue weighted by Crippen LogP contribution is -2.57. The molecule has 0 N–H and O–H groups in total. The van der Waals surface area contributed by atoms with Crippen LogP contribution in [0.2, 0.25) is 0 Å². The first-order valence-corrected chi connectivity index (χ1v) is 10.4. The van der Waals surface area contributed by atoms with Crippen LogP contribution < -0.4 is 0 Å². The number of piperazine rings is 1. The number of nitrogens with zero attached hydrogens (tertiary/aromatic N) is 3. The predicted octanol–water partition coefficient (Wildman–Crippen LogP) is -0.172. The molecule has 2 fully saturated rings. The quantitative estimate of drug-likeness (QED) is 0.704. The Morgan fingerprint density at radius 1 is 1.15 bits per heavy atom. The molecule has 1 aromatic carbocycles. The van der Waals surface area contributed by atoms with Crippen molar-refractivity contribution in [1.29, 1.82) is 0 Å². The van der Waals surface area contributed by atoms with Crippen LogP contribution in [0.5, 0.6) is 0 Å². The molecule has 2 atom stereocenters. The number of hydrogen-bond acceptors (Lipinski definition) is 5. The van der Waals surface area contributed by atoms with E-state index in [9.17, 15) is 22.4 Å². The van der Waals surface area contributed by atoms with Gasteiger partial charge in [-0.2, -0.15) is 4.31 Å². The van der Waals surface area contributed by atoms with Crippen molar-refractivity contribution < 1.29 is 27.1 Å². The molecule has 2 saturated heterocycles. The Kier molecular flexibility index (Phi) is 5.50. The summed E-state index contributed by atoms with van der Waals surface area (Å²) in [6, 6.07) is 4.93. The van der Waals surface area contributed by atoms with Crippen molar-refractivity contribution in [3.05, 3.63) is 35.6 Å². The fraction of sp³-hybridized carbons (Fsp3) is 0.529. The van der Waals surface area contributed by atoms with Gasteiger partial charge in [-0.15, -0.1) is 0 Å². The SMILES string of the molecule is CN1C(=O)CO[C@H](C(=O)N2CCN(S(C)(=O)=O)CC2)[C@H]1c1ccc(F)cc1. The third kappa shape index (κ3) is 4.12. The number of halogens is 1. The summed E-state index contributed by atoms with van der Waals surface area (Å²) in [5.74, 6) is -0.990. The third-order valence-corrected chi connectivity index (χ3v) is 6.26. The second-order valence-corrected chi connectivity index (χ2v) is 8.70. The van der Waals surface area contributed by atoms with Gasteiger partial charge in [0, 0.05) is 33.2 Å². The monoisotopic (exact) mass is 399 g/mol. The van der Waals surface area contributed by atoms with Gasteiger partial charge in [0.2, 0.25) is 15.9 Å². The number of ether oxygens (including phenoxy) is 1. The van der Waals surface area contributed by atoms with Crippen molar-refractivity contribution in [1.82, 2.24) is 14.1 Å². The summed E-state index contributed by atoms with van der Waals surface area (Å²) in [5.41, 5.74) is 0.597. The maximum atomic E-state index is 13.3. The van der Waals surface area contributed by atoms with Gasteiger partial charge in [-0.25, -0.2) is 12.8 Å². The number of morpholine rings is 1. The predicted molar refractivity (Wildman–Crippen MR) is 94.6 cm³/mol. The van der Waals surface area contributed by atoms with Gasteiger partial charge < -0.3 is 14.5 Å². The highest BCUT2D eigenvalue weighted by molar-refractivity contribution is 7.88. The van der Waals surface area contributed by atoms with Crippen molar-refractivity contribution in [2.75, 3.05) is 46.1 Å². The van der Waals surface area contributed by atoms with Crippen molar-refractivity contribution >= 4 is 21.8 Å². The molecule has 2 aliphatic rings. The number of amides is 2. The molecule has 0 aromatic heterocycles. The van der Waals surface area contributed by atoms with Crippen LogP contribution in [0.1, 0.15) is 11.6 Å². The number of hydrogen-bond donors (Lipinski definition) is 0. The Morgan fingerprint density at radius 2 is 1.74 bits per heavy atom. The maximum absolute atomic E-state index is 13.3. The van der Waals surface area contributed by atoms with E-state index in [0.717, 1.165) is 6.26 Å². The van der Waals surface area contributed by atoms with Crippen LogP contribution in [0.4, 0.5) is 4.39 Å². The van der Waals surface area contributed by atoms with Crippen molar-refractivity contribution in [2.24, 2.45) is 0 Å². The first kappa shape index (κ1) is 19.7. The zero-order valence-electron chi connectivity index (χ0n) is 15.2. The van der Waals surface area contributed by atoms with Crippen molar-refractivity contribution in [3.8, 4) is 0 Å². The summed E-state index contributed by atoms with van der Waals surface area (Å²) < 4.78 is 43.4. The van der Waals surface area contributed by atoms with Crippen LogP contribution in [0, 0.1) is 5.82 Å². The van der Waals surface area contributed by atoms with E-state index in [-0.39, 0.29) is 44.6 Å². The lowest BCUT2D eigenvalue weighted by Gasteiger charge is -2.41. The number of sulfonamides is 1. The van der Waals surface area contributed by atoms with E-state index in [2.05, 4.69) is 0 Å². The van der Waals surface area contributed by atoms with Gasteiger partial charge in [0.25, 0.3) is 5.91 Å². The Labute approximate surface area is 157 Å². The molecule has 8 nitrogen and oxygen atoms in total. The highest BCUT2D eigenvalue weighted by Crippen LogP contribution is 2.30. The van der Waals surface area contributed by atoms with E-state index in [1.165, 1.54) is 33.5 Å². The number of carbonyl (C=O) groups excluding carboxylic acids is 2. The molecular formula is C17H22FN3O5S. The van der Waals surface area contributed by atoms with E-state index in [4.69, 9.17) is 4.74 Å². The number of likely N-dealkylation sites (N-methyl/N-ethyl adjacent to an activating group) is 1. The molecule has 148 valence electrons. The first-order chi connectivity index (χ1) is 12.7. The van der Waals surface area contributed by atoms with Gasteiger partial charge in [0.15, 0.2) is 6.10 Å². The summed E-state index contributed by atoms with van der Waals surface area (Å²) in [7, 11) is -1.71. The van der Waals surface area contributed by atoms with Crippen molar-refractivity contribution in [2.45, 2.75) is 12.1 Å². The molecule has 0 radical (unpaired) electrons. The third-order valence-electron chi connectivity index (χ3n) is 4.96. The summed E-state index contributed by atoms with van der Waals surface area (Å²) >= 11 is 0. The summed E-state index contributed by atoms with van der Waals surface area (Å²) in [5, 5.41) is 0. The molecule has 2 heterocycles. The molecule has 0 saturated carbocycles. The zero-order chi connectivity index (χ0) is 19.8. The molecule has 27 heavy (non-hydrogen) atoms. The van der Waals surface area contributed by atoms with Crippen molar-refractivity contribution in [3.63, 3.8) is 0 Å². The molecular weight excluding hydrogens is 377 g/mol. The van der Waals surface area contributed by atoms with Crippen LogP contribution in [0.25, 0.3) is 0 Å². The topological polar surface area (TPSA) is 87.2 Å². The van der Waals surface area contributed by atoms with Crippen LogP contribution >= 0.6 is 0 Å². The zero-order valence-corrected chi connectivity index (χ0v) is 16.0. The van der Waals surface area contributed by atoms with E-state index in [0.29, 0.717) is 5.56 Å². The second kappa shape index (κ2) is 7.53. The molecule has 0 spiro atoms. The first-order valence-electron chi connectivity index (χ1n) is 8.55. The van der Waals surface area contributed by atoms with Crippen LogP contribution in [0.15, 0.2) is 24.3 Å². The Morgan fingerprint density at radius 3 is 2.30 bits per heavy atom. The molecule has 3 rings (SSSR count). The highest BCUT2D eigenvalue weighted by Gasteiger charge is 2.42. The second-order valence-electron chi connectivity index (χ2n) is 6.72. The lowest BCUT2D eigenvalue weighted by molar-refractivity contribution is -0.168. The number of rotatable bonds is 3. The summed E-state index contributed by atoms with van der Waals surface area (Å²) in [6.07, 6.45) is 0.211. The Balaban J connectivity index is 1.79. The fourth-order valence-corrected chi connectivity index (χ4v) is 4.22.